The van der Waals surface area contributed by atoms with Crippen LogP contribution in [0.3, 0.4) is 0 Å². The third-order valence-electron chi connectivity index (χ3n) is 8.17. The minimum absolute atomic E-state index is 0.0227. The molecule has 3 aromatic carbocycles. The normalized spacial score (nSPS) is 15.5. The number of aldehydes is 1. The fourth-order valence-corrected chi connectivity index (χ4v) is 6.11. The molecular formula is C37H48N4O5. The molecule has 3 N–H and O–H groups in total. The van der Waals surface area contributed by atoms with E-state index in [0.717, 1.165) is 31.1 Å². The summed E-state index contributed by atoms with van der Waals surface area (Å²) in [6.07, 6.45) is 5.74. The molecule has 0 radical (unpaired) electrons. The highest BCUT2D eigenvalue weighted by molar-refractivity contribution is 5.86. The van der Waals surface area contributed by atoms with Crippen molar-refractivity contribution < 1.29 is 24.0 Å². The highest BCUT2D eigenvalue weighted by Gasteiger charge is 2.31. The predicted octanol–water partition coefficient (Wildman–Crippen LogP) is 4.36. The van der Waals surface area contributed by atoms with Crippen molar-refractivity contribution in [2.45, 2.75) is 83.8 Å². The van der Waals surface area contributed by atoms with Gasteiger partial charge in [0.05, 0.1) is 13.0 Å². The van der Waals surface area contributed by atoms with Crippen molar-refractivity contribution in [2.24, 2.45) is 5.92 Å². The molecule has 0 spiro atoms. The lowest BCUT2D eigenvalue weighted by Gasteiger charge is -2.37. The summed E-state index contributed by atoms with van der Waals surface area (Å²) in [5.74, 6) is -0.230. The second-order valence-corrected chi connectivity index (χ2v) is 12.1. The van der Waals surface area contributed by atoms with Gasteiger partial charge < -0.3 is 25.6 Å². The summed E-state index contributed by atoms with van der Waals surface area (Å²) >= 11 is 0. The van der Waals surface area contributed by atoms with Crippen LogP contribution in [0, 0.1) is 5.92 Å². The van der Waals surface area contributed by atoms with E-state index in [2.05, 4.69) is 65.3 Å². The van der Waals surface area contributed by atoms with Gasteiger partial charge in [-0.1, -0.05) is 72.8 Å². The Bertz CT molecular complexity index is 1420. The number of nitrogens with one attached hydrogen (secondary N) is 3. The number of carbonyl (C=O) groups excluding carboxylic acids is 5. The Morgan fingerprint density at radius 1 is 0.978 bits per heavy atom. The molecule has 1 fully saturated rings. The molecule has 0 aromatic heterocycles. The summed E-state index contributed by atoms with van der Waals surface area (Å²) < 4.78 is 0. The Kier molecular flexibility index (Phi) is 14.9. The molecule has 1 aliphatic heterocycles. The molecule has 0 bridgehead atoms. The van der Waals surface area contributed by atoms with Crippen molar-refractivity contribution in [1.82, 2.24) is 20.9 Å². The van der Waals surface area contributed by atoms with Gasteiger partial charge in [0.15, 0.2) is 0 Å². The SMILES string of the molecule is CC(C)N(C(=O)CNC=O)C(CCC=O)CC1CCCNC1=O.CC(Cc1cccc2ccccc12)NC(=O)Cc1ccccc1. The van der Waals surface area contributed by atoms with Gasteiger partial charge >= 0.3 is 0 Å². The number of carbonyl (C=O) groups is 5. The van der Waals surface area contributed by atoms with Crippen molar-refractivity contribution in [1.29, 1.82) is 0 Å². The molecule has 3 atom stereocenters. The van der Waals surface area contributed by atoms with Gasteiger partial charge in [-0.3, -0.25) is 19.2 Å². The summed E-state index contributed by atoms with van der Waals surface area (Å²) in [7, 11) is 0. The lowest BCUT2D eigenvalue weighted by molar-refractivity contribution is -0.137. The van der Waals surface area contributed by atoms with E-state index < -0.39 is 0 Å². The van der Waals surface area contributed by atoms with Crippen molar-refractivity contribution in [2.75, 3.05) is 13.1 Å². The van der Waals surface area contributed by atoms with Gasteiger partial charge in [0, 0.05) is 37.0 Å². The first-order valence-corrected chi connectivity index (χ1v) is 16.2. The smallest absolute Gasteiger partial charge is 0.242 e. The Balaban J connectivity index is 0.000000250. The van der Waals surface area contributed by atoms with Crippen LogP contribution >= 0.6 is 0 Å². The quantitative estimate of drug-likeness (QED) is 0.216. The molecular weight excluding hydrogens is 580 g/mol. The zero-order chi connectivity index (χ0) is 33.3. The molecule has 0 saturated carbocycles. The molecule has 9 nitrogen and oxygen atoms in total. The zero-order valence-electron chi connectivity index (χ0n) is 27.2. The Morgan fingerprint density at radius 2 is 1.70 bits per heavy atom. The average molecular weight is 629 g/mol. The summed E-state index contributed by atoms with van der Waals surface area (Å²) in [6, 6.07) is 24.4. The van der Waals surface area contributed by atoms with Crippen LogP contribution in [0.2, 0.25) is 0 Å². The minimum Gasteiger partial charge on any atom is -0.356 e. The van der Waals surface area contributed by atoms with E-state index in [-0.39, 0.29) is 48.3 Å². The van der Waals surface area contributed by atoms with Gasteiger partial charge in [0.2, 0.25) is 24.1 Å². The van der Waals surface area contributed by atoms with E-state index in [4.69, 9.17) is 0 Å². The van der Waals surface area contributed by atoms with Crippen molar-refractivity contribution >= 4 is 41.2 Å². The molecule has 1 heterocycles. The first-order valence-electron chi connectivity index (χ1n) is 16.2. The van der Waals surface area contributed by atoms with Gasteiger partial charge in [-0.2, -0.15) is 0 Å². The number of piperidine rings is 1. The molecule has 1 saturated heterocycles. The van der Waals surface area contributed by atoms with Gasteiger partial charge in [-0.05, 0) is 74.8 Å². The van der Waals surface area contributed by atoms with Crippen LogP contribution in [-0.2, 0) is 36.8 Å². The maximum atomic E-state index is 12.4. The van der Waals surface area contributed by atoms with Crippen LogP contribution in [0.1, 0.15) is 64.0 Å². The summed E-state index contributed by atoms with van der Waals surface area (Å²) in [4.78, 5) is 59.4. The maximum Gasteiger partial charge on any atom is 0.242 e. The lowest BCUT2D eigenvalue weighted by Crippen LogP contribution is -2.50. The molecule has 3 aromatic rings. The fraction of sp³-hybridized carbons (Fsp3) is 0.432. The second kappa shape index (κ2) is 19.1. The third kappa shape index (κ3) is 11.4. The van der Waals surface area contributed by atoms with E-state index in [1.54, 1.807) is 4.90 Å². The minimum atomic E-state index is -0.195. The first kappa shape index (κ1) is 35.9. The average Bonchev–Trinajstić information content (AvgIpc) is 3.04. The highest BCUT2D eigenvalue weighted by Crippen LogP contribution is 2.24. The number of nitrogens with zero attached hydrogens (tertiary/aromatic N) is 1. The Hall–Kier alpha value is -4.53. The van der Waals surface area contributed by atoms with Gasteiger partial charge in [0.1, 0.15) is 6.29 Å². The number of benzene rings is 3. The molecule has 3 unspecified atom stereocenters. The third-order valence-corrected chi connectivity index (χ3v) is 8.17. The number of hydrogen-bond acceptors (Lipinski definition) is 5. The lowest BCUT2D eigenvalue weighted by atomic mass is 9.89. The number of amides is 4. The Morgan fingerprint density at radius 3 is 2.39 bits per heavy atom. The van der Waals surface area contributed by atoms with Crippen molar-refractivity contribution in [3.8, 4) is 0 Å². The summed E-state index contributed by atoms with van der Waals surface area (Å²) in [5, 5.41) is 10.8. The molecule has 9 heteroatoms. The fourth-order valence-electron chi connectivity index (χ4n) is 6.11. The van der Waals surface area contributed by atoms with Crippen LogP contribution in [-0.4, -0.2) is 66.5 Å². The van der Waals surface area contributed by atoms with Crippen LogP contribution in [0.4, 0.5) is 0 Å². The molecule has 46 heavy (non-hydrogen) atoms. The summed E-state index contributed by atoms with van der Waals surface area (Å²) in [5.41, 5.74) is 2.32. The molecule has 0 aliphatic carbocycles. The van der Waals surface area contributed by atoms with Gasteiger partial charge in [-0.15, -0.1) is 0 Å². The molecule has 4 amide bonds. The summed E-state index contributed by atoms with van der Waals surface area (Å²) in [6.45, 7) is 6.48. The van der Waals surface area contributed by atoms with Crippen molar-refractivity contribution in [3.05, 3.63) is 83.9 Å². The van der Waals surface area contributed by atoms with E-state index >= 15 is 0 Å². The van der Waals surface area contributed by atoms with Crippen LogP contribution < -0.4 is 16.0 Å². The van der Waals surface area contributed by atoms with Gasteiger partial charge in [-0.25, -0.2) is 0 Å². The monoisotopic (exact) mass is 628 g/mol. The number of hydrogen-bond donors (Lipinski definition) is 3. The highest BCUT2D eigenvalue weighted by atomic mass is 16.2. The van der Waals surface area contributed by atoms with E-state index in [9.17, 15) is 24.0 Å². The van der Waals surface area contributed by atoms with E-state index in [0.29, 0.717) is 38.6 Å². The predicted molar refractivity (Wildman–Crippen MR) is 181 cm³/mol. The van der Waals surface area contributed by atoms with Crippen molar-refractivity contribution in [3.63, 3.8) is 0 Å². The topological polar surface area (TPSA) is 125 Å². The number of rotatable bonds is 15. The Labute approximate surface area is 272 Å². The van der Waals surface area contributed by atoms with E-state index in [1.807, 2.05) is 44.2 Å². The van der Waals surface area contributed by atoms with Crippen LogP contribution in [0.15, 0.2) is 72.8 Å². The zero-order valence-corrected chi connectivity index (χ0v) is 27.2. The second-order valence-electron chi connectivity index (χ2n) is 12.1. The van der Waals surface area contributed by atoms with E-state index in [1.165, 1.54) is 16.3 Å². The maximum absolute atomic E-state index is 12.4. The molecule has 1 aliphatic rings. The molecule has 4 rings (SSSR count). The van der Waals surface area contributed by atoms with Crippen LogP contribution in [0.5, 0.6) is 0 Å². The molecule has 246 valence electrons. The van der Waals surface area contributed by atoms with Gasteiger partial charge in [0.25, 0.3) is 0 Å². The largest absolute Gasteiger partial charge is 0.356 e. The first-order chi connectivity index (χ1) is 22.2. The number of fused-ring (bicyclic) bond motifs is 1. The van der Waals surface area contributed by atoms with Crippen LogP contribution in [0.25, 0.3) is 10.8 Å². The standard InChI is InChI=1S/C21H21NO.C16H27N3O4/c1-16(22-21(23)15-17-8-3-2-4-9-17)14-19-12-7-11-18-10-5-6-13-20(18)19;1-12(2)19(15(22)10-17-11-21)14(6-4-8-20)9-13-5-3-7-18-16(13)23/h2-13,16H,14-15H2,1H3,(H,22,23);8,11-14H,3-7,9-10H2,1-2H3,(H,17,21)(H,18,23).